The molecule has 28 heavy (non-hydrogen) atoms. The quantitative estimate of drug-likeness (QED) is 0.703. The van der Waals surface area contributed by atoms with Gasteiger partial charge in [0.15, 0.2) is 17.3 Å². The summed E-state index contributed by atoms with van der Waals surface area (Å²) in [5.74, 6) is 1.28. The van der Waals surface area contributed by atoms with E-state index >= 15 is 0 Å². The number of methoxy groups -OCH3 is 1. The Balaban J connectivity index is 1.64. The number of rotatable bonds is 6. The van der Waals surface area contributed by atoms with E-state index in [2.05, 4.69) is 0 Å². The van der Waals surface area contributed by atoms with Crippen LogP contribution in [-0.2, 0) is 0 Å². The van der Waals surface area contributed by atoms with Gasteiger partial charge in [-0.1, -0.05) is 30.3 Å². The molecule has 148 valence electrons. The molecule has 1 saturated heterocycles. The molecule has 0 saturated carbocycles. The first-order valence-corrected chi connectivity index (χ1v) is 9.73. The van der Waals surface area contributed by atoms with E-state index in [1.807, 2.05) is 49.1 Å². The van der Waals surface area contributed by atoms with Crippen LogP contribution < -0.4 is 9.47 Å². The highest BCUT2D eigenvalue weighted by molar-refractivity contribution is 5.98. The number of benzene rings is 2. The molecule has 5 heteroatoms. The molecule has 1 amide bonds. The van der Waals surface area contributed by atoms with Crippen molar-refractivity contribution in [3.63, 3.8) is 0 Å². The Morgan fingerprint density at radius 2 is 1.64 bits per heavy atom. The van der Waals surface area contributed by atoms with Crippen LogP contribution in [0.15, 0.2) is 48.5 Å². The Morgan fingerprint density at radius 3 is 2.25 bits per heavy atom. The van der Waals surface area contributed by atoms with Crippen LogP contribution >= 0.6 is 0 Å². The third-order valence-corrected chi connectivity index (χ3v) is 4.98. The van der Waals surface area contributed by atoms with Gasteiger partial charge in [-0.3, -0.25) is 9.59 Å². The van der Waals surface area contributed by atoms with Gasteiger partial charge in [0.1, 0.15) is 0 Å². The molecule has 0 N–H and O–H groups in total. The molecule has 2 aromatic carbocycles. The highest BCUT2D eigenvalue weighted by Gasteiger charge is 2.28. The first kappa shape index (κ1) is 19.9. The van der Waals surface area contributed by atoms with Gasteiger partial charge in [0.05, 0.1) is 13.2 Å². The van der Waals surface area contributed by atoms with Crippen LogP contribution in [0.2, 0.25) is 0 Å². The van der Waals surface area contributed by atoms with Gasteiger partial charge in [-0.15, -0.1) is 0 Å². The molecule has 0 bridgehead atoms. The van der Waals surface area contributed by atoms with Crippen LogP contribution in [0.5, 0.6) is 11.5 Å². The van der Waals surface area contributed by atoms with Crippen LogP contribution in [-0.4, -0.2) is 42.9 Å². The molecule has 0 atom stereocenters. The van der Waals surface area contributed by atoms with Crippen LogP contribution in [0, 0.1) is 5.92 Å². The van der Waals surface area contributed by atoms with Crippen LogP contribution in [0.1, 0.15) is 47.4 Å². The number of hydrogen-bond acceptors (Lipinski definition) is 4. The lowest BCUT2D eigenvalue weighted by Gasteiger charge is -2.31. The zero-order chi connectivity index (χ0) is 20.1. The summed E-state index contributed by atoms with van der Waals surface area (Å²) in [6.45, 7) is 5.04. The molecule has 1 fully saturated rings. The SMILES string of the molecule is COc1cc(C(=O)N2CCC(C(=O)c3ccccc3)CC2)ccc1OC(C)C. The first-order chi connectivity index (χ1) is 13.5. The maximum absolute atomic E-state index is 12.9. The molecule has 1 heterocycles. The Morgan fingerprint density at radius 1 is 0.964 bits per heavy atom. The summed E-state index contributed by atoms with van der Waals surface area (Å²) in [5, 5.41) is 0. The van der Waals surface area contributed by atoms with E-state index in [1.54, 1.807) is 25.3 Å². The van der Waals surface area contributed by atoms with Crippen LogP contribution in [0.3, 0.4) is 0 Å². The summed E-state index contributed by atoms with van der Waals surface area (Å²) >= 11 is 0. The molecule has 0 aromatic heterocycles. The Hall–Kier alpha value is -2.82. The van der Waals surface area contributed by atoms with Crippen molar-refractivity contribution < 1.29 is 19.1 Å². The summed E-state index contributed by atoms with van der Waals surface area (Å²) in [5.41, 5.74) is 1.32. The van der Waals surface area contributed by atoms with Gasteiger partial charge in [0.25, 0.3) is 5.91 Å². The largest absolute Gasteiger partial charge is 0.493 e. The molecule has 0 radical (unpaired) electrons. The number of nitrogens with zero attached hydrogens (tertiary/aromatic N) is 1. The Kier molecular flexibility index (Phi) is 6.34. The number of hydrogen-bond donors (Lipinski definition) is 0. The smallest absolute Gasteiger partial charge is 0.253 e. The lowest BCUT2D eigenvalue weighted by Crippen LogP contribution is -2.40. The van der Waals surface area contributed by atoms with E-state index in [4.69, 9.17) is 9.47 Å². The standard InChI is InChI=1S/C23H27NO4/c1-16(2)28-20-10-9-19(15-21(20)27-3)23(26)24-13-11-18(12-14-24)22(25)17-7-5-4-6-8-17/h4-10,15-16,18H,11-14H2,1-3H3. The zero-order valence-electron chi connectivity index (χ0n) is 16.7. The number of carbonyl (C=O) groups is 2. The van der Waals surface area contributed by atoms with Gasteiger partial charge in [-0.2, -0.15) is 0 Å². The number of likely N-dealkylation sites (tertiary alicyclic amines) is 1. The number of ether oxygens (including phenoxy) is 2. The minimum Gasteiger partial charge on any atom is -0.493 e. The number of ketones is 1. The van der Waals surface area contributed by atoms with Crippen LogP contribution in [0.4, 0.5) is 0 Å². The van der Waals surface area contributed by atoms with Crippen molar-refractivity contribution in [2.75, 3.05) is 20.2 Å². The van der Waals surface area contributed by atoms with Gasteiger partial charge < -0.3 is 14.4 Å². The van der Waals surface area contributed by atoms with E-state index in [0.717, 1.165) is 5.56 Å². The molecule has 1 aliphatic heterocycles. The number of piperidine rings is 1. The summed E-state index contributed by atoms with van der Waals surface area (Å²) in [6.07, 6.45) is 1.40. The van der Waals surface area contributed by atoms with Gasteiger partial charge in [0.2, 0.25) is 0 Å². The predicted octanol–water partition coefficient (Wildman–Crippen LogP) is 4.22. The normalized spacial score (nSPS) is 14.8. The predicted molar refractivity (Wildman–Crippen MR) is 108 cm³/mol. The second-order valence-electron chi connectivity index (χ2n) is 7.33. The summed E-state index contributed by atoms with van der Waals surface area (Å²) in [6, 6.07) is 14.6. The van der Waals surface area contributed by atoms with E-state index in [0.29, 0.717) is 43.0 Å². The number of amides is 1. The summed E-state index contributed by atoms with van der Waals surface area (Å²) < 4.78 is 11.1. The molecule has 3 rings (SSSR count). The molecular formula is C23H27NO4. The lowest BCUT2D eigenvalue weighted by atomic mass is 9.88. The van der Waals surface area contributed by atoms with Crippen molar-refractivity contribution in [3.05, 3.63) is 59.7 Å². The van der Waals surface area contributed by atoms with Gasteiger partial charge in [-0.25, -0.2) is 0 Å². The topological polar surface area (TPSA) is 55.8 Å². The third kappa shape index (κ3) is 4.53. The summed E-state index contributed by atoms with van der Waals surface area (Å²) in [4.78, 5) is 27.3. The molecule has 2 aromatic rings. The van der Waals surface area contributed by atoms with Crippen LogP contribution in [0.25, 0.3) is 0 Å². The van der Waals surface area contributed by atoms with E-state index < -0.39 is 0 Å². The van der Waals surface area contributed by atoms with Crippen molar-refractivity contribution in [3.8, 4) is 11.5 Å². The fourth-order valence-corrected chi connectivity index (χ4v) is 3.52. The first-order valence-electron chi connectivity index (χ1n) is 9.73. The van der Waals surface area contributed by atoms with Gasteiger partial charge >= 0.3 is 0 Å². The van der Waals surface area contributed by atoms with Crippen molar-refractivity contribution in [2.45, 2.75) is 32.8 Å². The maximum Gasteiger partial charge on any atom is 0.253 e. The molecule has 0 spiro atoms. The fraction of sp³-hybridized carbons (Fsp3) is 0.391. The Labute approximate surface area is 166 Å². The minimum absolute atomic E-state index is 0.0247. The Bertz CT molecular complexity index is 824. The maximum atomic E-state index is 12.9. The van der Waals surface area contributed by atoms with E-state index in [9.17, 15) is 9.59 Å². The zero-order valence-corrected chi connectivity index (χ0v) is 16.7. The lowest BCUT2D eigenvalue weighted by molar-refractivity contribution is 0.0650. The highest BCUT2D eigenvalue weighted by atomic mass is 16.5. The van der Waals surface area contributed by atoms with Crippen molar-refractivity contribution in [2.24, 2.45) is 5.92 Å². The molecule has 1 aliphatic rings. The number of carbonyl (C=O) groups excluding carboxylic acids is 2. The van der Waals surface area contributed by atoms with Crippen molar-refractivity contribution in [1.29, 1.82) is 0 Å². The number of Topliss-reactive ketones (excluding diaryl/α,β-unsaturated/α-hetero) is 1. The monoisotopic (exact) mass is 381 g/mol. The van der Waals surface area contributed by atoms with Crippen molar-refractivity contribution in [1.82, 2.24) is 4.90 Å². The molecular weight excluding hydrogens is 354 g/mol. The second-order valence-corrected chi connectivity index (χ2v) is 7.33. The van der Waals surface area contributed by atoms with Gasteiger partial charge in [-0.05, 0) is 44.9 Å². The average Bonchev–Trinajstić information content (AvgIpc) is 2.73. The average molecular weight is 381 g/mol. The van der Waals surface area contributed by atoms with E-state index in [1.165, 1.54) is 0 Å². The third-order valence-electron chi connectivity index (χ3n) is 4.98. The van der Waals surface area contributed by atoms with Gasteiger partial charge in [0, 0.05) is 30.1 Å². The van der Waals surface area contributed by atoms with E-state index in [-0.39, 0.29) is 23.7 Å². The van der Waals surface area contributed by atoms with Crippen molar-refractivity contribution >= 4 is 11.7 Å². The molecule has 5 nitrogen and oxygen atoms in total. The highest BCUT2D eigenvalue weighted by Crippen LogP contribution is 2.30. The second kappa shape index (κ2) is 8.91. The molecule has 0 aliphatic carbocycles. The minimum atomic E-state index is -0.0417. The molecule has 0 unspecified atom stereocenters. The fourth-order valence-electron chi connectivity index (χ4n) is 3.52. The summed E-state index contributed by atoms with van der Waals surface area (Å²) in [7, 11) is 1.57.